The van der Waals surface area contributed by atoms with Crippen LogP contribution in [0.2, 0.25) is 0 Å². The van der Waals surface area contributed by atoms with E-state index in [2.05, 4.69) is 15.3 Å². The zero-order valence-corrected chi connectivity index (χ0v) is 17.7. The highest BCUT2D eigenvalue weighted by Gasteiger charge is 2.35. The number of aromatic nitrogens is 2. The van der Waals surface area contributed by atoms with Gasteiger partial charge < -0.3 is 20.4 Å². The maximum absolute atomic E-state index is 13.8. The number of aryl methyl sites for hydroxylation is 1. The summed E-state index contributed by atoms with van der Waals surface area (Å²) in [4.78, 5) is 20.2. The first-order valence-corrected chi connectivity index (χ1v) is 10.4. The summed E-state index contributed by atoms with van der Waals surface area (Å²) >= 11 is 0. The van der Waals surface area contributed by atoms with E-state index < -0.39 is 11.7 Å². The average Bonchev–Trinajstić information content (AvgIpc) is 2.77. The van der Waals surface area contributed by atoms with Crippen LogP contribution in [0.1, 0.15) is 37.3 Å². The minimum absolute atomic E-state index is 0.00747. The summed E-state index contributed by atoms with van der Waals surface area (Å²) in [6.45, 7) is 3.57. The minimum atomic E-state index is -4.61. The minimum Gasteiger partial charge on any atom is -0.404 e. The fourth-order valence-corrected chi connectivity index (χ4v) is 3.41. The third kappa shape index (κ3) is 5.97. The Hall–Kier alpha value is -3.14. The van der Waals surface area contributed by atoms with E-state index in [1.807, 2.05) is 6.92 Å². The Morgan fingerprint density at radius 2 is 2.12 bits per heavy atom. The van der Waals surface area contributed by atoms with Crippen molar-refractivity contribution in [3.05, 3.63) is 58.3 Å². The Morgan fingerprint density at radius 3 is 2.78 bits per heavy atom. The maximum atomic E-state index is 13.8. The first-order chi connectivity index (χ1) is 15.3. The highest BCUT2D eigenvalue weighted by atomic mass is 19.4. The molecule has 0 radical (unpaired) electrons. The molecule has 0 bridgehead atoms. The van der Waals surface area contributed by atoms with Crippen molar-refractivity contribution in [3.8, 4) is 0 Å². The molecule has 2 aromatic rings. The molecule has 0 aromatic carbocycles. The summed E-state index contributed by atoms with van der Waals surface area (Å²) in [5.74, 6) is 0.146. The van der Waals surface area contributed by atoms with Crippen LogP contribution in [-0.2, 0) is 17.5 Å². The topological polar surface area (TPSA) is 94.5 Å². The standard InChI is InChI=1S/C22H26F3N5O2/c1-2-7-30-14-17(3-4-21(30)31)27-12-15(11-26)18-13-28-20(10-19(18)22(23,24)25)29-16-5-8-32-9-6-16/h3-4,10-14,16H,2,5-9,26H2,1H3,(H,28,29)/b15-11+,27-12?. The maximum Gasteiger partial charge on any atom is 0.417 e. The van der Waals surface area contributed by atoms with Crippen molar-refractivity contribution in [1.82, 2.24) is 9.55 Å². The lowest BCUT2D eigenvalue weighted by atomic mass is 10.0. The van der Waals surface area contributed by atoms with Crippen molar-refractivity contribution in [3.63, 3.8) is 0 Å². The van der Waals surface area contributed by atoms with Crippen molar-refractivity contribution >= 4 is 23.3 Å². The van der Waals surface area contributed by atoms with Gasteiger partial charge in [-0.15, -0.1) is 0 Å². The van der Waals surface area contributed by atoms with Gasteiger partial charge in [0, 0.05) is 67.8 Å². The summed E-state index contributed by atoms with van der Waals surface area (Å²) in [6.07, 6.45) is 2.55. The number of nitrogens with zero attached hydrogens (tertiary/aromatic N) is 3. The first kappa shape index (κ1) is 23.5. The summed E-state index contributed by atoms with van der Waals surface area (Å²) < 4.78 is 48.2. The molecule has 0 unspecified atom stereocenters. The number of hydrogen-bond donors (Lipinski definition) is 2. The monoisotopic (exact) mass is 449 g/mol. The van der Waals surface area contributed by atoms with E-state index in [0.717, 1.165) is 24.9 Å². The number of ether oxygens (including phenoxy) is 1. The van der Waals surface area contributed by atoms with Gasteiger partial charge in [-0.1, -0.05) is 6.92 Å². The second kappa shape index (κ2) is 10.4. The predicted octanol–water partition coefficient (Wildman–Crippen LogP) is 3.97. The van der Waals surface area contributed by atoms with Gasteiger partial charge in [0.15, 0.2) is 0 Å². The SMILES string of the molecule is CCCn1cc(N=C/C(=C\N)c2cnc(NC3CCOCC3)cc2C(F)(F)F)ccc1=O. The second-order valence-electron chi connectivity index (χ2n) is 7.44. The molecule has 0 spiro atoms. The molecular weight excluding hydrogens is 423 g/mol. The van der Waals surface area contributed by atoms with E-state index in [4.69, 9.17) is 10.5 Å². The van der Waals surface area contributed by atoms with Crippen molar-refractivity contribution in [2.24, 2.45) is 10.7 Å². The quantitative estimate of drug-likeness (QED) is 0.624. The van der Waals surface area contributed by atoms with Crippen LogP contribution in [0.25, 0.3) is 5.57 Å². The molecule has 172 valence electrons. The molecule has 3 N–H and O–H groups in total. The summed E-state index contributed by atoms with van der Waals surface area (Å²) in [6, 6.07) is 3.87. The zero-order valence-electron chi connectivity index (χ0n) is 17.7. The fourth-order valence-electron chi connectivity index (χ4n) is 3.41. The molecule has 3 rings (SSSR count). The van der Waals surface area contributed by atoms with E-state index >= 15 is 0 Å². The van der Waals surface area contributed by atoms with E-state index in [-0.39, 0.29) is 28.6 Å². The number of anilines is 1. The van der Waals surface area contributed by atoms with Gasteiger partial charge in [0.05, 0.1) is 11.3 Å². The Balaban J connectivity index is 1.89. The molecular formula is C22H26F3N5O2. The Morgan fingerprint density at radius 1 is 1.38 bits per heavy atom. The Kier molecular flexibility index (Phi) is 7.68. The summed E-state index contributed by atoms with van der Waals surface area (Å²) in [5, 5.41) is 3.05. The number of rotatable bonds is 7. The van der Waals surface area contributed by atoms with Crippen LogP contribution in [0, 0.1) is 0 Å². The van der Waals surface area contributed by atoms with Gasteiger partial charge in [-0.2, -0.15) is 13.2 Å². The predicted molar refractivity (Wildman–Crippen MR) is 118 cm³/mol. The van der Waals surface area contributed by atoms with E-state index in [9.17, 15) is 18.0 Å². The number of allylic oxidation sites excluding steroid dienone is 1. The molecule has 32 heavy (non-hydrogen) atoms. The zero-order chi connectivity index (χ0) is 23.1. The van der Waals surface area contributed by atoms with Gasteiger partial charge >= 0.3 is 6.18 Å². The Bertz CT molecular complexity index is 1040. The summed E-state index contributed by atoms with van der Waals surface area (Å²) in [5.41, 5.74) is 4.92. The van der Waals surface area contributed by atoms with Gasteiger partial charge in [0.1, 0.15) is 5.82 Å². The van der Waals surface area contributed by atoms with Gasteiger partial charge in [-0.25, -0.2) is 4.98 Å². The normalized spacial score (nSPS) is 15.9. The number of hydrogen-bond acceptors (Lipinski definition) is 6. The number of nitrogens with one attached hydrogen (secondary N) is 1. The smallest absolute Gasteiger partial charge is 0.404 e. The highest BCUT2D eigenvalue weighted by Crippen LogP contribution is 2.36. The lowest BCUT2D eigenvalue weighted by Gasteiger charge is -2.24. The van der Waals surface area contributed by atoms with Crippen LogP contribution >= 0.6 is 0 Å². The highest BCUT2D eigenvalue weighted by molar-refractivity contribution is 6.11. The lowest BCUT2D eigenvalue weighted by molar-refractivity contribution is -0.137. The van der Waals surface area contributed by atoms with Gasteiger partial charge in [-0.3, -0.25) is 9.79 Å². The van der Waals surface area contributed by atoms with E-state index in [0.29, 0.717) is 38.3 Å². The molecule has 0 amide bonds. The number of alkyl halides is 3. The van der Waals surface area contributed by atoms with Crippen LogP contribution < -0.4 is 16.6 Å². The van der Waals surface area contributed by atoms with Crippen LogP contribution in [0.3, 0.4) is 0 Å². The largest absolute Gasteiger partial charge is 0.417 e. The number of pyridine rings is 2. The fraction of sp³-hybridized carbons (Fsp3) is 0.409. The number of aliphatic imine (C=N–C) groups is 1. The van der Waals surface area contributed by atoms with Crippen LogP contribution in [0.5, 0.6) is 0 Å². The van der Waals surface area contributed by atoms with Gasteiger partial charge in [0.25, 0.3) is 5.56 Å². The van der Waals surface area contributed by atoms with Crippen molar-refractivity contribution < 1.29 is 17.9 Å². The molecule has 1 saturated heterocycles. The number of nitrogens with two attached hydrogens (primary N) is 1. The van der Waals surface area contributed by atoms with Gasteiger partial charge in [0.2, 0.25) is 0 Å². The molecule has 2 aromatic heterocycles. The molecule has 1 aliphatic rings. The van der Waals surface area contributed by atoms with Gasteiger partial charge in [-0.05, 0) is 31.4 Å². The van der Waals surface area contributed by atoms with Crippen LogP contribution in [-0.4, -0.2) is 35.0 Å². The molecule has 1 fully saturated rings. The lowest BCUT2D eigenvalue weighted by Crippen LogP contribution is -2.28. The average molecular weight is 449 g/mol. The molecule has 0 aliphatic carbocycles. The second-order valence-corrected chi connectivity index (χ2v) is 7.44. The molecule has 0 saturated carbocycles. The van der Waals surface area contributed by atoms with Crippen molar-refractivity contribution in [2.45, 2.75) is 44.9 Å². The molecule has 0 atom stereocenters. The van der Waals surface area contributed by atoms with E-state index in [1.165, 1.54) is 22.9 Å². The molecule has 3 heterocycles. The third-order valence-electron chi connectivity index (χ3n) is 5.06. The third-order valence-corrected chi connectivity index (χ3v) is 5.06. The molecule has 10 heteroatoms. The molecule has 7 nitrogen and oxygen atoms in total. The van der Waals surface area contributed by atoms with Crippen LogP contribution in [0.15, 0.2) is 46.6 Å². The number of halogens is 3. The first-order valence-electron chi connectivity index (χ1n) is 10.4. The summed E-state index contributed by atoms with van der Waals surface area (Å²) in [7, 11) is 0. The van der Waals surface area contributed by atoms with E-state index in [1.54, 1.807) is 6.20 Å². The van der Waals surface area contributed by atoms with Crippen molar-refractivity contribution in [2.75, 3.05) is 18.5 Å². The Labute approximate surface area is 183 Å². The molecule has 1 aliphatic heterocycles. The van der Waals surface area contributed by atoms with Crippen molar-refractivity contribution in [1.29, 1.82) is 0 Å². The van der Waals surface area contributed by atoms with Crippen LogP contribution in [0.4, 0.5) is 24.7 Å².